The molecule has 0 radical (unpaired) electrons. The maximum atomic E-state index is 13.4. The fraction of sp³-hybridized carbons (Fsp3) is 0.318. The number of benzene rings is 2. The summed E-state index contributed by atoms with van der Waals surface area (Å²) in [6.07, 6.45) is 2.80. The van der Waals surface area contributed by atoms with Crippen LogP contribution in [-0.2, 0) is 16.1 Å². The molecule has 33 heavy (non-hydrogen) atoms. The Bertz CT molecular complexity index is 1110. The first kappa shape index (κ1) is 22.1. The first-order valence-corrected chi connectivity index (χ1v) is 10.5. The van der Waals surface area contributed by atoms with E-state index in [1.807, 2.05) is 0 Å². The highest BCUT2D eigenvalue weighted by Crippen LogP contribution is 2.39. The minimum absolute atomic E-state index is 0.0676. The number of fused-ring (bicyclic) bond motifs is 1. The van der Waals surface area contributed by atoms with Crippen LogP contribution in [0.25, 0.3) is 0 Å². The Kier molecular flexibility index (Phi) is 5.86. The second kappa shape index (κ2) is 8.77. The summed E-state index contributed by atoms with van der Waals surface area (Å²) >= 11 is 0. The molecule has 2 fully saturated rings. The van der Waals surface area contributed by atoms with Crippen LogP contribution in [0.5, 0.6) is 0 Å². The van der Waals surface area contributed by atoms with Crippen LogP contribution in [0.2, 0.25) is 0 Å². The van der Waals surface area contributed by atoms with Gasteiger partial charge in [0.25, 0.3) is 29.1 Å². The van der Waals surface area contributed by atoms with E-state index in [1.165, 1.54) is 48.5 Å². The number of hydrogen-bond donors (Lipinski definition) is 0. The highest BCUT2D eigenvalue weighted by Gasteiger charge is 2.51. The van der Waals surface area contributed by atoms with Crippen LogP contribution in [0.1, 0.15) is 41.6 Å². The summed E-state index contributed by atoms with van der Waals surface area (Å²) in [5.41, 5.74) is 0.212. The second-order valence-electron chi connectivity index (χ2n) is 8.08. The van der Waals surface area contributed by atoms with Crippen molar-refractivity contribution < 1.29 is 24.2 Å². The number of nitro groups is 2. The molecule has 2 aromatic carbocycles. The van der Waals surface area contributed by atoms with Gasteiger partial charge in [-0.15, -0.1) is 0 Å². The van der Waals surface area contributed by atoms with Gasteiger partial charge in [-0.05, 0) is 30.5 Å². The van der Waals surface area contributed by atoms with Gasteiger partial charge < -0.3 is 0 Å². The average molecular weight is 452 g/mol. The van der Waals surface area contributed by atoms with E-state index < -0.39 is 39.4 Å². The van der Waals surface area contributed by atoms with Crippen molar-refractivity contribution in [1.82, 2.24) is 10.0 Å². The molecule has 1 aliphatic carbocycles. The molecular formula is C22H20N4O7. The predicted octanol–water partition coefficient (Wildman–Crippen LogP) is 3.24. The molecular weight excluding hydrogens is 432 g/mol. The molecule has 2 aliphatic rings. The second-order valence-corrected chi connectivity index (χ2v) is 8.08. The number of hydrogen-bond acceptors (Lipinski definition) is 7. The lowest BCUT2D eigenvalue weighted by Crippen LogP contribution is -2.49. The van der Waals surface area contributed by atoms with E-state index in [2.05, 4.69) is 0 Å². The van der Waals surface area contributed by atoms with Crippen LogP contribution in [0.15, 0.2) is 48.5 Å². The van der Waals surface area contributed by atoms with E-state index in [1.54, 1.807) is 0 Å². The van der Waals surface area contributed by atoms with Crippen molar-refractivity contribution in [3.8, 4) is 0 Å². The van der Waals surface area contributed by atoms with Gasteiger partial charge in [-0.1, -0.05) is 25.0 Å². The largest absolute Gasteiger partial charge is 0.273 e. The zero-order valence-electron chi connectivity index (χ0n) is 17.5. The highest BCUT2D eigenvalue weighted by atomic mass is 16.6. The lowest BCUT2D eigenvalue weighted by molar-refractivity contribution is -0.385. The first-order valence-electron chi connectivity index (χ1n) is 10.5. The van der Waals surface area contributed by atoms with E-state index in [4.69, 9.17) is 0 Å². The van der Waals surface area contributed by atoms with Gasteiger partial charge in [0.2, 0.25) is 0 Å². The zero-order chi connectivity index (χ0) is 23.7. The molecule has 0 aromatic heterocycles. The van der Waals surface area contributed by atoms with Crippen molar-refractivity contribution in [2.75, 3.05) is 0 Å². The average Bonchev–Trinajstić information content (AvgIpc) is 3.07. The third kappa shape index (κ3) is 4.16. The van der Waals surface area contributed by atoms with Gasteiger partial charge in [0.15, 0.2) is 0 Å². The molecule has 3 amide bonds. The molecule has 1 saturated carbocycles. The minimum atomic E-state index is -0.677. The third-order valence-corrected chi connectivity index (χ3v) is 6.10. The molecule has 170 valence electrons. The predicted molar refractivity (Wildman–Crippen MR) is 113 cm³/mol. The van der Waals surface area contributed by atoms with E-state index in [9.17, 15) is 34.6 Å². The monoisotopic (exact) mass is 452 g/mol. The molecule has 0 bridgehead atoms. The number of rotatable bonds is 6. The smallest absolute Gasteiger partial charge is 0.272 e. The topological polar surface area (TPSA) is 144 Å². The van der Waals surface area contributed by atoms with Crippen molar-refractivity contribution >= 4 is 29.1 Å². The maximum absolute atomic E-state index is 13.4. The SMILES string of the molecule is O=C(c1ccc([N+](=O)[O-])cc1)N(Cc1ccc([N+](=O)[O-])cc1)N1C(=O)[C@H]2CCCC[C@H]2C1=O. The van der Waals surface area contributed by atoms with Crippen molar-refractivity contribution in [2.45, 2.75) is 32.2 Å². The fourth-order valence-electron chi connectivity index (χ4n) is 4.39. The number of nitrogens with zero attached hydrogens (tertiary/aromatic N) is 4. The third-order valence-electron chi connectivity index (χ3n) is 6.10. The minimum Gasteiger partial charge on any atom is -0.272 e. The van der Waals surface area contributed by atoms with Crippen LogP contribution >= 0.6 is 0 Å². The number of carbonyl (C=O) groups is 3. The number of hydrazine groups is 1. The summed E-state index contributed by atoms with van der Waals surface area (Å²) in [5, 5.41) is 23.8. The van der Waals surface area contributed by atoms with Crippen molar-refractivity contribution in [3.05, 3.63) is 79.9 Å². The Morgan fingerprint density at radius 2 is 1.30 bits per heavy atom. The van der Waals surface area contributed by atoms with Gasteiger partial charge in [-0.2, -0.15) is 5.01 Å². The van der Waals surface area contributed by atoms with Crippen molar-refractivity contribution in [2.24, 2.45) is 11.8 Å². The summed E-state index contributed by atoms with van der Waals surface area (Å²) in [6.45, 7) is -0.176. The number of carbonyl (C=O) groups excluding carboxylic acids is 3. The van der Waals surface area contributed by atoms with E-state index in [-0.39, 0.29) is 23.5 Å². The van der Waals surface area contributed by atoms with E-state index in [0.717, 1.165) is 22.9 Å². The Hall–Kier alpha value is -4.15. The molecule has 1 aliphatic heterocycles. The molecule has 4 rings (SSSR count). The van der Waals surface area contributed by atoms with Crippen LogP contribution in [-0.4, -0.2) is 37.6 Å². The van der Waals surface area contributed by atoms with Crippen LogP contribution in [0, 0.1) is 32.1 Å². The number of non-ortho nitro benzene ring substituents is 2. The summed E-state index contributed by atoms with van der Waals surface area (Å²) in [5.74, 6) is -2.52. The molecule has 0 unspecified atom stereocenters. The Morgan fingerprint density at radius 1 is 0.848 bits per heavy atom. The molecule has 11 nitrogen and oxygen atoms in total. The quantitative estimate of drug-likeness (QED) is 0.372. The fourth-order valence-corrected chi connectivity index (χ4v) is 4.39. The molecule has 0 N–H and O–H groups in total. The number of nitro benzene ring substituents is 2. The summed E-state index contributed by atoms with van der Waals surface area (Å²) in [7, 11) is 0. The first-order chi connectivity index (χ1) is 15.8. The van der Waals surface area contributed by atoms with E-state index >= 15 is 0 Å². The van der Waals surface area contributed by atoms with Gasteiger partial charge >= 0.3 is 0 Å². The molecule has 2 atom stereocenters. The molecule has 11 heteroatoms. The summed E-state index contributed by atoms with van der Waals surface area (Å²) in [4.78, 5) is 60.4. The van der Waals surface area contributed by atoms with Crippen molar-refractivity contribution in [3.63, 3.8) is 0 Å². The Balaban J connectivity index is 1.69. The lowest BCUT2D eigenvalue weighted by atomic mass is 9.81. The van der Waals surface area contributed by atoms with E-state index in [0.29, 0.717) is 18.4 Å². The zero-order valence-corrected chi connectivity index (χ0v) is 17.5. The van der Waals surface area contributed by atoms with Gasteiger partial charge in [-0.25, -0.2) is 5.01 Å². The van der Waals surface area contributed by atoms with Crippen LogP contribution in [0.3, 0.4) is 0 Å². The summed E-state index contributed by atoms with van der Waals surface area (Å²) in [6, 6.07) is 10.3. The summed E-state index contributed by atoms with van der Waals surface area (Å²) < 4.78 is 0. The highest BCUT2D eigenvalue weighted by molar-refractivity contribution is 6.07. The number of imide groups is 1. The normalized spacial score (nSPS) is 19.8. The molecule has 0 spiro atoms. The van der Waals surface area contributed by atoms with Gasteiger partial charge in [0.1, 0.15) is 0 Å². The van der Waals surface area contributed by atoms with Crippen LogP contribution < -0.4 is 0 Å². The lowest BCUT2D eigenvalue weighted by Gasteiger charge is -2.30. The molecule has 1 heterocycles. The maximum Gasteiger partial charge on any atom is 0.273 e. The standard InChI is InChI=1S/C22H20N4O7/c27-20(15-7-11-17(12-8-15)26(32)33)23(13-14-5-9-16(10-6-14)25(30)31)24-21(28)18-3-1-2-4-19(18)22(24)29/h5-12,18-19H,1-4,13H2/t18-,19+. The molecule has 2 aromatic rings. The van der Waals surface area contributed by atoms with Gasteiger partial charge in [0, 0.05) is 29.8 Å². The van der Waals surface area contributed by atoms with Gasteiger partial charge in [0.05, 0.1) is 28.2 Å². The van der Waals surface area contributed by atoms with Crippen LogP contribution in [0.4, 0.5) is 11.4 Å². The Labute approximate surface area is 187 Å². The Morgan fingerprint density at radius 3 is 1.76 bits per heavy atom. The number of amides is 3. The van der Waals surface area contributed by atoms with Gasteiger partial charge in [-0.3, -0.25) is 34.6 Å². The van der Waals surface area contributed by atoms with Crippen molar-refractivity contribution in [1.29, 1.82) is 0 Å². The molecule has 1 saturated heterocycles.